The Balaban J connectivity index is 1.57. The second-order valence-electron chi connectivity index (χ2n) is 6.12. The van der Waals surface area contributed by atoms with Crippen LogP contribution in [0.3, 0.4) is 0 Å². The van der Waals surface area contributed by atoms with E-state index in [-0.39, 0.29) is 0 Å². The molecule has 17 heavy (non-hydrogen) atoms. The molecule has 1 heterocycles. The first-order chi connectivity index (χ1) is 8.40. The van der Waals surface area contributed by atoms with Crippen LogP contribution in [-0.4, -0.2) is 6.54 Å². The van der Waals surface area contributed by atoms with E-state index < -0.39 is 0 Å². The van der Waals surface area contributed by atoms with Crippen LogP contribution < -0.4 is 5.32 Å². The van der Waals surface area contributed by atoms with Gasteiger partial charge in [0, 0.05) is 0 Å². The highest BCUT2D eigenvalue weighted by Gasteiger charge is 2.67. The van der Waals surface area contributed by atoms with E-state index in [0.29, 0.717) is 6.04 Å². The molecular formula is C15H21NO. The number of hydrogen-bond acceptors (Lipinski definition) is 2. The molecule has 3 saturated carbocycles. The summed E-state index contributed by atoms with van der Waals surface area (Å²) in [5.41, 5.74) is 0. The number of nitrogens with one attached hydrogen (secondary N) is 1. The SMILES string of the molecule is CCNC(c1ccco1)C1C2C3CCC(C3)C21. The van der Waals surface area contributed by atoms with Crippen LogP contribution in [0.5, 0.6) is 0 Å². The molecule has 92 valence electrons. The summed E-state index contributed by atoms with van der Waals surface area (Å²) in [5, 5.41) is 3.65. The van der Waals surface area contributed by atoms with Crippen molar-refractivity contribution in [2.45, 2.75) is 32.2 Å². The minimum atomic E-state index is 0.480. The fourth-order valence-corrected chi connectivity index (χ4v) is 4.95. The minimum Gasteiger partial charge on any atom is -0.468 e. The van der Waals surface area contributed by atoms with E-state index in [0.717, 1.165) is 41.9 Å². The van der Waals surface area contributed by atoms with Gasteiger partial charge < -0.3 is 9.73 Å². The maximum atomic E-state index is 5.64. The van der Waals surface area contributed by atoms with E-state index in [9.17, 15) is 0 Å². The summed E-state index contributed by atoms with van der Waals surface area (Å²) < 4.78 is 5.64. The molecule has 5 atom stereocenters. The van der Waals surface area contributed by atoms with Crippen molar-refractivity contribution in [3.05, 3.63) is 24.2 Å². The number of fused-ring (bicyclic) bond motifs is 5. The van der Waals surface area contributed by atoms with Gasteiger partial charge in [-0.15, -0.1) is 0 Å². The molecule has 2 heteroatoms. The number of furan rings is 1. The quantitative estimate of drug-likeness (QED) is 0.860. The van der Waals surface area contributed by atoms with Gasteiger partial charge >= 0.3 is 0 Å². The van der Waals surface area contributed by atoms with Gasteiger partial charge in [-0.25, -0.2) is 0 Å². The molecule has 0 aromatic carbocycles. The standard InChI is InChI=1S/C15H21NO/c1-2-16-15(11-4-3-7-17-11)14-12-9-5-6-10(8-9)13(12)14/h3-4,7,9-10,12-16H,2,5-6,8H2,1H3. The van der Waals surface area contributed by atoms with Gasteiger partial charge in [-0.2, -0.15) is 0 Å². The Bertz CT molecular complexity index is 383. The van der Waals surface area contributed by atoms with Crippen LogP contribution >= 0.6 is 0 Å². The molecule has 0 aliphatic heterocycles. The molecule has 1 aromatic rings. The minimum absolute atomic E-state index is 0.480. The zero-order valence-electron chi connectivity index (χ0n) is 10.4. The third-order valence-electron chi connectivity index (χ3n) is 5.45. The van der Waals surface area contributed by atoms with Crippen molar-refractivity contribution in [2.75, 3.05) is 6.54 Å². The Morgan fingerprint density at radius 2 is 2.12 bits per heavy atom. The van der Waals surface area contributed by atoms with Crippen molar-refractivity contribution in [1.29, 1.82) is 0 Å². The van der Waals surface area contributed by atoms with Crippen LogP contribution in [0.25, 0.3) is 0 Å². The lowest BCUT2D eigenvalue weighted by atomic mass is 9.96. The largest absolute Gasteiger partial charge is 0.468 e. The average molecular weight is 231 g/mol. The van der Waals surface area contributed by atoms with Gasteiger partial charge in [-0.05, 0) is 67.5 Å². The van der Waals surface area contributed by atoms with Crippen molar-refractivity contribution in [1.82, 2.24) is 5.32 Å². The molecule has 0 radical (unpaired) electrons. The Morgan fingerprint density at radius 1 is 1.35 bits per heavy atom. The summed E-state index contributed by atoms with van der Waals surface area (Å²) in [6, 6.07) is 4.64. The second-order valence-corrected chi connectivity index (χ2v) is 6.12. The van der Waals surface area contributed by atoms with Crippen LogP contribution in [-0.2, 0) is 0 Å². The molecule has 1 aromatic heterocycles. The molecule has 3 aliphatic rings. The molecule has 0 saturated heterocycles. The summed E-state index contributed by atoms with van der Waals surface area (Å²) in [4.78, 5) is 0. The van der Waals surface area contributed by atoms with Gasteiger partial charge in [0.2, 0.25) is 0 Å². The Hall–Kier alpha value is -0.760. The van der Waals surface area contributed by atoms with Crippen LogP contribution in [0, 0.1) is 29.6 Å². The molecule has 3 fully saturated rings. The van der Waals surface area contributed by atoms with E-state index in [1.165, 1.54) is 19.3 Å². The normalized spacial score (nSPS) is 43.7. The van der Waals surface area contributed by atoms with Gasteiger partial charge in [0.15, 0.2) is 0 Å². The second kappa shape index (κ2) is 3.61. The van der Waals surface area contributed by atoms with Gasteiger partial charge in [0.1, 0.15) is 5.76 Å². The lowest BCUT2D eigenvalue weighted by Gasteiger charge is -2.19. The first-order valence-electron chi connectivity index (χ1n) is 7.17. The molecule has 5 unspecified atom stereocenters. The monoisotopic (exact) mass is 231 g/mol. The Kier molecular flexibility index (Phi) is 2.17. The van der Waals surface area contributed by atoms with Crippen LogP contribution in [0.2, 0.25) is 0 Å². The molecule has 4 rings (SSSR count). The lowest BCUT2D eigenvalue weighted by Crippen LogP contribution is -2.25. The summed E-state index contributed by atoms with van der Waals surface area (Å²) >= 11 is 0. The molecule has 0 spiro atoms. The van der Waals surface area contributed by atoms with E-state index >= 15 is 0 Å². The Morgan fingerprint density at radius 3 is 2.71 bits per heavy atom. The maximum absolute atomic E-state index is 5.64. The molecule has 2 bridgehead atoms. The zero-order chi connectivity index (χ0) is 11.4. The number of rotatable bonds is 4. The zero-order valence-corrected chi connectivity index (χ0v) is 10.4. The van der Waals surface area contributed by atoms with Gasteiger partial charge in [0.05, 0.1) is 12.3 Å². The lowest BCUT2D eigenvalue weighted by molar-refractivity contribution is 0.328. The van der Waals surface area contributed by atoms with E-state index in [4.69, 9.17) is 4.42 Å². The smallest absolute Gasteiger partial charge is 0.120 e. The molecule has 3 aliphatic carbocycles. The van der Waals surface area contributed by atoms with Crippen molar-refractivity contribution in [3.8, 4) is 0 Å². The third kappa shape index (κ3) is 1.36. The predicted octanol–water partition coefficient (Wildman–Crippen LogP) is 3.22. The van der Waals surface area contributed by atoms with Crippen LogP contribution in [0.15, 0.2) is 22.8 Å². The van der Waals surface area contributed by atoms with Gasteiger partial charge in [-0.1, -0.05) is 6.92 Å². The molecule has 0 amide bonds. The summed E-state index contributed by atoms with van der Waals surface area (Å²) in [6.45, 7) is 3.24. The van der Waals surface area contributed by atoms with Crippen molar-refractivity contribution in [3.63, 3.8) is 0 Å². The first-order valence-corrected chi connectivity index (χ1v) is 7.17. The van der Waals surface area contributed by atoms with Crippen molar-refractivity contribution < 1.29 is 4.42 Å². The van der Waals surface area contributed by atoms with Crippen LogP contribution in [0.4, 0.5) is 0 Å². The maximum Gasteiger partial charge on any atom is 0.120 e. The van der Waals surface area contributed by atoms with Crippen molar-refractivity contribution >= 4 is 0 Å². The third-order valence-corrected chi connectivity index (χ3v) is 5.45. The van der Waals surface area contributed by atoms with Gasteiger partial charge in [0.25, 0.3) is 0 Å². The summed E-state index contributed by atoms with van der Waals surface area (Å²) in [6.07, 6.45) is 6.34. The van der Waals surface area contributed by atoms with E-state index in [1.807, 2.05) is 12.3 Å². The highest BCUT2D eigenvalue weighted by Crippen LogP contribution is 2.72. The fraction of sp³-hybridized carbons (Fsp3) is 0.733. The van der Waals surface area contributed by atoms with E-state index in [2.05, 4.69) is 18.3 Å². The van der Waals surface area contributed by atoms with E-state index in [1.54, 1.807) is 0 Å². The average Bonchev–Trinajstić information content (AvgIpc) is 2.82. The highest BCUT2D eigenvalue weighted by molar-refractivity contribution is 5.20. The predicted molar refractivity (Wildman–Crippen MR) is 66.4 cm³/mol. The highest BCUT2D eigenvalue weighted by atomic mass is 16.3. The number of hydrogen-bond donors (Lipinski definition) is 1. The first kappa shape index (κ1) is 10.2. The fourth-order valence-electron chi connectivity index (χ4n) is 4.95. The molecule has 1 N–H and O–H groups in total. The topological polar surface area (TPSA) is 25.2 Å². The van der Waals surface area contributed by atoms with Gasteiger partial charge in [-0.3, -0.25) is 0 Å². The summed E-state index contributed by atoms with van der Waals surface area (Å²) in [5.74, 6) is 6.15. The molecular weight excluding hydrogens is 210 g/mol. The van der Waals surface area contributed by atoms with Crippen LogP contribution in [0.1, 0.15) is 38.0 Å². The summed E-state index contributed by atoms with van der Waals surface area (Å²) in [7, 11) is 0. The van der Waals surface area contributed by atoms with Crippen molar-refractivity contribution in [2.24, 2.45) is 29.6 Å². The molecule has 2 nitrogen and oxygen atoms in total. The Labute approximate surface area is 103 Å².